The summed E-state index contributed by atoms with van der Waals surface area (Å²) >= 11 is 5.86. The fourth-order valence-electron chi connectivity index (χ4n) is 1.37. The van der Waals surface area contributed by atoms with Crippen molar-refractivity contribution in [3.8, 4) is 0 Å². The van der Waals surface area contributed by atoms with Crippen molar-refractivity contribution in [2.75, 3.05) is 5.32 Å². The molecule has 0 atom stereocenters. The molecule has 2 rings (SSSR count). The van der Waals surface area contributed by atoms with Gasteiger partial charge in [-0.25, -0.2) is 9.97 Å². The third kappa shape index (κ3) is 2.42. The van der Waals surface area contributed by atoms with Crippen molar-refractivity contribution in [2.45, 2.75) is 6.92 Å². The highest BCUT2D eigenvalue weighted by atomic mass is 35.5. The van der Waals surface area contributed by atoms with Gasteiger partial charge in [0.1, 0.15) is 16.8 Å². The topological polar surface area (TPSA) is 72.7 Å². The van der Waals surface area contributed by atoms with Crippen molar-refractivity contribution in [1.29, 1.82) is 0 Å². The van der Waals surface area contributed by atoms with E-state index in [4.69, 9.17) is 11.6 Å². The molecule has 0 aliphatic rings. The maximum absolute atomic E-state index is 10.9. The Bertz CT molecular complexity index is 566. The van der Waals surface area contributed by atoms with Crippen molar-refractivity contribution >= 4 is 29.4 Å². The van der Waals surface area contributed by atoms with E-state index in [1.807, 2.05) is 0 Å². The molecule has 17 heavy (non-hydrogen) atoms. The minimum Gasteiger partial charge on any atom is -0.337 e. The van der Waals surface area contributed by atoms with E-state index >= 15 is 0 Å². The van der Waals surface area contributed by atoms with Crippen molar-refractivity contribution in [2.24, 2.45) is 7.05 Å². The maximum Gasteiger partial charge on any atom is 0.156 e. The van der Waals surface area contributed by atoms with E-state index < -0.39 is 0 Å². The van der Waals surface area contributed by atoms with Crippen LogP contribution in [-0.2, 0) is 7.05 Å². The Hall–Kier alpha value is -1.95. The van der Waals surface area contributed by atoms with Gasteiger partial charge in [-0.1, -0.05) is 11.6 Å². The number of halogens is 1. The second-order valence-electron chi connectivity index (χ2n) is 3.47. The number of carbonyl (C=O) groups excluding carboxylic acids is 1. The molecule has 2 aromatic heterocycles. The largest absolute Gasteiger partial charge is 0.337 e. The Balaban J connectivity index is 2.41. The van der Waals surface area contributed by atoms with Crippen LogP contribution in [0.15, 0.2) is 12.4 Å². The Morgan fingerprint density at radius 1 is 1.47 bits per heavy atom. The van der Waals surface area contributed by atoms with Gasteiger partial charge >= 0.3 is 0 Å². The van der Waals surface area contributed by atoms with E-state index in [1.165, 1.54) is 0 Å². The predicted molar refractivity (Wildman–Crippen MR) is 63.7 cm³/mol. The van der Waals surface area contributed by atoms with E-state index in [0.717, 1.165) is 5.69 Å². The number of hydrogen-bond donors (Lipinski definition) is 1. The zero-order chi connectivity index (χ0) is 12.4. The highest BCUT2D eigenvalue weighted by Crippen LogP contribution is 2.22. The number of nitrogens with one attached hydrogen (secondary N) is 1. The molecular weight excluding hydrogens is 242 g/mol. The minimum absolute atomic E-state index is 0.138. The fourth-order valence-corrected chi connectivity index (χ4v) is 1.63. The molecule has 0 unspecified atom stereocenters. The van der Waals surface area contributed by atoms with Gasteiger partial charge in [-0.2, -0.15) is 5.10 Å². The zero-order valence-electron chi connectivity index (χ0n) is 9.31. The van der Waals surface area contributed by atoms with Crippen LogP contribution < -0.4 is 5.32 Å². The number of aryl methyl sites for hydroxylation is 2. The van der Waals surface area contributed by atoms with E-state index in [0.29, 0.717) is 17.9 Å². The highest BCUT2D eigenvalue weighted by molar-refractivity contribution is 6.32. The smallest absolute Gasteiger partial charge is 0.156 e. The zero-order valence-corrected chi connectivity index (χ0v) is 10.1. The quantitative estimate of drug-likeness (QED) is 0.664. The molecule has 0 amide bonds. The molecule has 7 heteroatoms. The van der Waals surface area contributed by atoms with E-state index in [1.54, 1.807) is 31.0 Å². The van der Waals surface area contributed by atoms with E-state index in [2.05, 4.69) is 20.4 Å². The number of nitrogens with zero attached hydrogens (tertiary/aromatic N) is 4. The lowest BCUT2D eigenvalue weighted by molar-refractivity contribution is 0.112. The van der Waals surface area contributed by atoms with Gasteiger partial charge in [0.15, 0.2) is 6.29 Å². The highest BCUT2D eigenvalue weighted by Gasteiger charge is 2.11. The summed E-state index contributed by atoms with van der Waals surface area (Å²) in [5, 5.41) is 7.12. The van der Waals surface area contributed by atoms with Gasteiger partial charge in [-0.15, -0.1) is 0 Å². The monoisotopic (exact) mass is 251 g/mol. The summed E-state index contributed by atoms with van der Waals surface area (Å²) in [6.45, 7) is 1.70. The summed E-state index contributed by atoms with van der Waals surface area (Å²) in [6.07, 6.45) is 4.01. The molecule has 0 radical (unpaired) electrons. The molecule has 2 heterocycles. The predicted octanol–water partition coefficient (Wildman–Crippen LogP) is 1.73. The summed E-state index contributed by atoms with van der Waals surface area (Å²) < 4.78 is 1.64. The third-order valence-electron chi connectivity index (χ3n) is 2.10. The molecule has 1 N–H and O–H groups in total. The normalized spacial score (nSPS) is 10.3. The van der Waals surface area contributed by atoms with Crippen molar-refractivity contribution < 1.29 is 4.79 Å². The number of anilines is 2. The van der Waals surface area contributed by atoms with E-state index in [9.17, 15) is 4.79 Å². The molecule has 0 saturated heterocycles. The average Bonchev–Trinajstić information content (AvgIpc) is 2.63. The molecule has 0 saturated carbocycles. The first-order valence-electron chi connectivity index (χ1n) is 4.85. The van der Waals surface area contributed by atoms with Crippen LogP contribution in [0.1, 0.15) is 16.2 Å². The summed E-state index contributed by atoms with van der Waals surface area (Å²) in [7, 11) is 1.80. The van der Waals surface area contributed by atoms with Gasteiger partial charge in [-0.05, 0) is 6.92 Å². The maximum atomic E-state index is 10.9. The molecule has 2 aromatic rings. The first-order valence-corrected chi connectivity index (χ1v) is 5.23. The Kier molecular flexibility index (Phi) is 3.06. The van der Waals surface area contributed by atoms with Crippen molar-refractivity contribution in [1.82, 2.24) is 19.7 Å². The van der Waals surface area contributed by atoms with Crippen LogP contribution in [0.3, 0.4) is 0 Å². The lowest BCUT2D eigenvalue weighted by atomic mass is 10.3. The second kappa shape index (κ2) is 4.50. The first kappa shape index (κ1) is 11.5. The molecule has 0 fully saturated rings. The van der Waals surface area contributed by atoms with Gasteiger partial charge in [0, 0.05) is 13.2 Å². The summed E-state index contributed by atoms with van der Waals surface area (Å²) in [4.78, 5) is 19.0. The standard InChI is InChI=1S/C10H10ClN5O/c1-6-13-9(11)8(5-17)10(14-6)15-7-3-12-16(2)4-7/h3-5H,1-2H3,(H,13,14,15). The minimum atomic E-state index is 0.138. The molecule has 88 valence electrons. The number of hydrogen-bond acceptors (Lipinski definition) is 5. The number of carbonyl (C=O) groups is 1. The average molecular weight is 252 g/mol. The van der Waals surface area contributed by atoms with Crippen LogP contribution in [0.4, 0.5) is 11.5 Å². The lowest BCUT2D eigenvalue weighted by Gasteiger charge is -2.07. The molecule has 0 aromatic carbocycles. The molecule has 0 bridgehead atoms. The van der Waals surface area contributed by atoms with Crippen LogP contribution in [0, 0.1) is 6.92 Å². The SMILES string of the molecule is Cc1nc(Cl)c(C=O)c(Nc2cnn(C)c2)n1. The van der Waals surface area contributed by atoms with Crippen LogP contribution >= 0.6 is 11.6 Å². The Morgan fingerprint density at radius 3 is 2.82 bits per heavy atom. The first-order chi connectivity index (χ1) is 8.10. The number of aromatic nitrogens is 4. The molecule has 0 aliphatic carbocycles. The van der Waals surface area contributed by atoms with Crippen LogP contribution in [0.25, 0.3) is 0 Å². The van der Waals surface area contributed by atoms with Gasteiger partial charge in [0.05, 0.1) is 17.4 Å². The van der Waals surface area contributed by atoms with Gasteiger partial charge < -0.3 is 5.32 Å². The van der Waals surface area contributed by atoms with Gasteiger partial charge in [-0.3, -0.25) is 9.48 Å². The summed E-state index contributed by atoms with van der Waals surface area (Å²) in [5.74, 6) is 0.873. The van der Waals surface area contributed by atoms with Crippen molar-refractivity contribution in [3.63, 3.8) is 0 Å². The van der Waals surface area contributed by atoms with Crippen LogP contribution in [-0.4, -0.2) is 26.0 Å². The third-order valence-corrected chi connectivity index (χ3v) is 2.38. The molecule has 0 spiro atoms. The number of aldehydes is 1. The van der Waals surface area contributed by atoms with E-state index in [-0.39, 0.29) is 10.7 Å². The molecule has 0 aliphatic heterocycles. The Labute approximate surface area is 103 Å². The number of rotatable bonds is 3. The molecule has 6 nitrogen and oxygen atoms in total. The second-order valence-corrected chi connectivity index (χ2v) is 3.83. The van der Waals surface area contributed by atoms with Gasteiger partial charge in [0.2, 0.25) is 0 Å². The van der Waals surface area contributed by atoms with Gasteiger partial charge in [0.25, 0.3) is 0 Å². The van der Waals surface area contributed by atoms with Crippen LogP contribution in [0.2, 0.25) is 5.15 Å². The summed E-state index contributed by atoms with van der Waals surface area (Å²) in [6, 6.07) is 0. The Morgan fingerprint density at radius 2 is 2.24 bits per heavy atom. The molecular formula is C10H10ClN5O. The summed E-state index contributed by atoms with van der Waals surface area (Å²) in [5.41, 5.74) is 0.964. The fraction of sp³-hybridized carbons (Fsp3) is 0.200. The van der Waals surface area contributed by atoms with Crippen LogP contribution in [0.5, 0.6) is 0 Å². The van der Waals surface area contributed by atoms with Crippen molar-refractivity contribution in [3.05, 3.63) is 28.9 Å². The lowest BCUT2D eigenvalue weighted by Crippen LogP contribution is -2.02.